The molecule has 9 heteroatoms. The Hall–Kier alpha value is -2.68. The zero-order valence-corrected chi connectivity index (χ0v) is 12.8. The van der Waals surface area contributed by atoms with Crippen molar-refractivity contribution >= 4 is 22.4 Å². The van der Waals surface area contributed by atoms with E-state index in [4.69, 9.17) is 4.52 Å². The van der Waals surface area contributed by atoms with Gasteiger partial charge in [-0.05, 0) is 23.6 Å². The van der Waals surface area contributed by atoms with Gasteiger partial charge in [-0.15, -0.1) is 0 Å². The number of imidazole rings is 1. The second-order valence-electron chi connectivity index (χ2n) is 5.04. The van der Waals surface area contributed by atoms with Crippen LogP contribution in [0.4, 0.5) is 13.2 Å². The van der Waals surface area contributed by atoms with Gasteiger partial charge in [0.2, 0.25) is 5.82 Å². The lowest BCUT2D eigenvalue weighted by Gasteiger charge is -2.09. The number of para-hydroxylation sites is 2. The van der Waals surface area contributed by atoms with E-state index in [-0.39, 0.29) is 23.8 Å². The van der Waals surface area contributed by atoms with E-state index in [9.17, 15) is 13.2 Å². The highest BCUT2D eigenvalue weighted by Crippen LogP contribution is 2.32. The highest BCUT2D eigenvalue weighted by Gasteiger charge is 2.37. The molecule has 0 saturated carbocycles. The molecule has 0 aliphatic heterocycles. The minimum atomic E-state index is -4.57. The number of fused-ring (bicyclic) bond motifs is 1. The zero-order chi connectivity index (χ0) is 16.7. The summed E-state index contributed by atoms with van der Waals surface area (Å²) >= 11 is 1.46. The number of benzene rings is 1. The first kappa shape index (κ1) is 14.9. The van der Waals surface area contributed by atoms with Crippen LogP contribution >= 0.6 is 11.3 Å². The number of nitrogens with zero attached hydrogens (tertiary/aromatic N) is 4. The van der Waals surface area contributed by atoms with Crippen LogP contribution in [0.3, 0.4) is 0 Å². The molecule has 4 rings (SSSR count). The van der Waals surface area contributed by atoms with Crippen LogP contribution in [0.5, 0.6) is 0 Å². The van der Waals surface area contributed by atoms with Gasteiger partial charge >= 0.3 is 6.18 Å². The van der Waals surface area contributed by atoms with Crippen molar-refractivity contribution in [2.45, 2.75) is 12.7 Å². The van der Waals surface area contributed by atoms with Gasteiger partial charge in [0.15, 0.2) is 5.82 Å². The smallest absolute Gasteiger partial charge is 0.334 e. The molecule has 0 unspecified atom stereocenters. The third-order valence-corrected chi connectivity index (χ3v) is 4.13. The van der Waals surface area contributed by atoms with Gasteiger partial charge in [0, 0.05) is 5.38 Å². The maximum absolute atomic E-state index is 13.3. The molecule has 3 aromatic heterocycles. The van der Waals surface area contributed by atoms with E-state index in [0.717, 1.165) is 10.1 Å². The van der Waals surface area contributed by atoms with E-state index >= 15 is 0 Å². The van der Waals surface area contributed by atoms with Crippen LogP contribution in [0.2, 0.25) is 0 Å². The highest BCUT2D eigenvalue weighted by molar-refractivity contribution is 7.08. The standard InChI is InChI=1S/C15H9F3N4OS/c16-15(17,18)14-19-10-3-1-2-4-11(10)22(14)7-12-20-13(23-21-12)9-5-6-24-8-9/h1-6,8H,7H2. The molecule has 24 heavy (non-hydrogen) atoms. The van der Waals surface area contributed by atoms with E-state index in [0.29, 0.717) is 5.52 Å². The number of aromatic nitrogens is 4. The van der Waals surface area contributed by atoms with Gasteiger partial charge < -0.3 is 9.09 Å². The van der Waals surface area contributed by atoms with Gasteiger partial charge in [-0.1, -0.05) is 17.3 Å². The van der Waals surface area contributed by atoms with Gasteiger partial charge in [0.25, 0.3) is 5.89 Å². The van der Waals surface area contributed by atoms with Crippen molar-refractivity contribution in [2.75, 3.05) is 0 Å². The van der Waals surface area contributed by atoms with E-state index in [1.54, 1.807) is 24.3 Å². The normalized spacial score (nSPS) is 12.1. The van der Waals surface area contributed by atoms with Gasteiger partial charge in [-0.2, -0.15) is 29.5 Å². The van der Waals surface area contributed by atoms with Gasteiger partial charge in [0.05, 0.1) is 23.1 Å². The summed E-state index contributed by atoms with van der Waals surface area (Å²) in [6.07, 6.45) is -4.57. The van der Waals surface area contributed by atoms with Gasteiger partial charge in [-0.25, -0.2) is 4.98 Å². The Bertz CT molecular complexity index is 988. The molecular formula is C15H9F3N4OS. The average Bonchev–Trinajstić information content (AvgIpc) is 3.26. The van der Waals surface area contributed by atoms with Crippen molar-refractivity contribution in [3.05, 3.63) is 52.7 Å². The number of thiophene rings is 1. The summed E-state index contributed by atoms with van der Waals surface area (Å²) in [5, 5.41) is 7.46. The monoisotopic (exact) mass is 350 g/mol. The molecule has 0 saturated heterocycles. The molecule has 0 atom stereocenters. The van der Waals surface area contributed by atoms with Crippen LogP contribution in [0.1, 0.15) is 11.6 Å². The first-order valence-corrected chi connectivity index (χ1v) is 7.84. The van der Waals surface area contributed by atoms with E-state index in [1.165, 1.54) is 17.4 Å². The van der Waals surface area contributed by atoms with Crippen molar-refractivity contribution in [1.29, 1.82) is 0 Å². The molecule has 0 bridgehead atoms. The predicted octanol–water partition coefficient (Wildman–Crippen LogP) is 4.21. The Kier molecular flexibility index (Phi) is 3.38. The summed E-state index contributed by atoms with van der Waals surface area (Å²) < 4.78 is 46.0. The molecule has 3 heterocycles. The second kappa shape index (κ2) is 5.45. The van der Waals surface area contributed by atoms with Crippen LogP contribution in [0.15, 0.2) is 45.6 Å². The third-order valence-electron chi connectivity index (χ3n) is 3.44. The van der Waals surface area contributed by atoms with Crippen LogP contribution in [-0.4, -0.2) is 19.7 Å². The Morgan fingerprint density at radius 3 is 2.71 bits per heavy atom. The number of hydrogen-bond acceptors (Lipinski definition) is 5. The van der Waals surface area contributed by atoms with Crippen molar-refractivity contribution in [2.24, 2.45) is 0 Å². The molecule has 5 nitrogen and oxygen atoms in total. The fraction of sp³-hybridized carbons (Fsp3) is 0.133. The fourth-order valence-corrected chi connectivity index (χ4v) is 3.04. The van der Waals surface area contributed by atoms with E-state index in [2.05, 4.69) is 15.1 Å². The molecule has 1 aromatic carbocycles. The number of rotatable bonds is 3. The summed E-state index contributed by atoms with van der Waals surface area (Å²) in [4.78, 5) is 7.86. The maximum atomic E-state index is 13.3. The minimum Gasteiger partial charge on any atom is -0.334 e. The van der Waals surface area contributed by atoms with Crippen LogP contribution in [0.25, 0.3) is 22.5 Å². The minimum absolute atomic E-state index is 0.157. The molecule has 122 valence electrons. The van der Waals surface area contributed by atoms with Crippen LogP contribution in [0, 0.1) is 0 Å². The molecular weight excluding hydrogens is 341 g/mol. The molecule has 0 aliphatic rings. The number of hydrogen-bond donors (Lipinski definition) is 0. The molecule has 0 fully saturated rings. The Morgan fingerprint density at radius 2 is 1.96 bits per heavy atom. The van der Waals surface area contributed by atoms with Crippen LogP contribution in [-0.2, 0) is 12.7 Å². The quantitative estimate of drug-likeness (QED) is 0.555. The zero-order valence-electron chi connectivity index (χ0n) is 12.0. The van der Waals surface area contributed by atoms with Crippen molar-refractivity contribution in [3.63, 3.8) is 0 Å². The highest BCUT2D eigenvalue weighted by atomic mass is 32.1. The van der Waals surface area contributed by atoms with Crippen molar-refractivity contribution < 1.29 is 17.7 Å². The lowest BCUT2D eigenvalue weighted by Crippen LogP contribution is -2.16. The Morgan fingerprint density at radius 1 is 1.12 bits per heavy atom. The summed E-state index contributed by atoms with van der Waals surface area (Å²) in [6, 6.07) is 8.22. The molecule has 0 radical (unpaired) electrons. The summed E-state index contributed by atoms with van der Waals surface area (Å²) in [5.74, 6) is -0.542. The van der Waals surface area contributed by atoms with Crippen molar-refractivity contribution in [1.82, 2.24) is 19.7 Å². The average molecular weight is 350 g/mol. The summed E-state index contributed by atoms with van der Waals surface area (Å²) in [5.41, 5.74) is 1.38. The Balaban J connectivity index is 1.77. The topological polar surface area (TPSA) is 56.7 Å². The molecule has 0 amide bonds. The lowest BCUT2D eigenvalue weighted by atomic mass is 10.3. The fourth-order valence-electron chi connectivity index (χ4n) is 2.41. The first-order chi connectivity index (χ1) is 11.5. The number of alkyl halides is 3. The summed E-state index contributed by atoms with van der Waals surface area (Å²) in [6.45, 7) is -0.178. The first-order valence-electron chi connectivity index (χ1n) is 6.90. The largest absolute Gasteiger partial charge is 0.449 e. The second-order valence-corrected chi connectivity index (χ2v) is 5.82. The molecule has 0 spiro atoms. The van der Waals surface area contributed by atoms with Gasteiger partial charge in [-0.3, -0.25) is 0 Å². The molecule has 0 aliphatic carbocycles. The summed E-state index contributed by atoms with van der Waals surface area (Å²) in [7, 11) is 0. The molecule has 0 N–H and O–H groups in total. The van der Waals surface area contributed by atoms with Gasteiger partial charge in [0.1, 0.15) is 0 Å². The number of halogens is 3. The SMILES string of the molecule is FC(F)(F)c1nc2ccccc2n1Cc1noc(-c2ccsc2)n1. The molecule has 4 aromatic rings. The van der Waals surface area contributed by atoms with E-state index in [1.807, 2.05) is 10.8 Å². The Labute approximate surface area is 137 Å². The lowest BCUT2D eigenvalue weighted by molar-refractivity contribution is -0.146. The van der Waals surface area contributed by atoms with Crippen molar-refractivity contribution in [3.8, 4) is 11.5 Å². The maximum Gasteiger partial charge on any atom is 0.449 e. The van der Waals surface area contributed by atoms with Crippen LogP contribution < -0.4 is 0 Å². The predicted molar refractivity (Wildman–Crippen MR) is 81.4 cm³/mol. The van der Waals surface area contributed by atoms with E-state index < -0.39 is 12.0 Å². The third kappa shape index (κ3) is 2.56.